The van der Waals surface area contributed by atoms with Gasteiger partial charge in [-0.2, -0.15) is 0 Å². The van der Waals surface area contributed by atoms with Crippen molar-refractivity contribution < 1.29 is 9.47 Å². The Morgan fingerprint density at radius 3 is 2.75 bits per heavy atom. The molecule has 0 fully saturated rings. The first-order chi connectivity index (χ1) is 9.58. The highest BCUT2D eigenvalue weighted by Crippen LogP contribution is 2.34. The zero-order valence-corrected chi connectivity index (χ0v) is 15.3. The van der Waals surface area contributed by atoms with Crippen LogP contribution in [0.2, 0.25) is 0 Å². The Morgan fingerprint density at radius 2 is 2.10 bits per heavy atom. The number of ether oxygens (including phenoxy) is 2. The van der Waals surface area contributed by atoms with E-state index in [-0.39, 0.29) is 0 Å². The molecular weight excluding hydrogens is 386 g/mol. The summed E-state index contributed by atoms with van der Waals surface area (Å²) in [6.07, 6.45) is 2.14. The van der Waals surface area contributed by atoms with Gasteiger partial charge in [0.05, 0.1) is 17.7 Å². The van der Waals surface area contributed by atoms with E-state index in [0.717, 1.165) is 40.0 Å². The lowest BCUT2D eigenvalue weighted by molar-refractivity contribution is 0.200. The van der Waals surface area contributed by atoms with Crippen molar-refractivity contribution in [1.82, 2.24) is 5.32 Å². The topological polar surface area (TPSA) is 30.5 Å². The molecule has 1 N–H and O–H groups in total. The summed E-state index contributed by atoms with van der Waals surface area (Å²) in [6, 6.07) is 4.06. The van der Waals surface area contributed by atoms with E-state index in [2.05, 4.69) is 56.2 Å². The second-order valence-electron chi connectivity index (χ2n) is 4.40. The summed E-state index contributed by atoms with van der Waals surface area (Å²) in [4.78, 5) is 0. The zero-order valence-electron chi connectivity index (χ0n) is 12.1. The molecule has 0 amide bonds. The number of hydrogen-bond donors (Lipinski definition) is 1. The van der Waals surface area contributed by atoms with Gasteiger partial charge >= 0.3 is 0 Å². The fraction of sp³-hybridized carbons (Fsp3) is 0.467. The van der Waals surface area contributed by atoms with Gasteiger partial charge in [-0.25, -0.2) is 0 Å². The third kappa shape index (κ3) is 5.95. The highest BCUT2D eigenvalue weighted by atomic mass is 79.9. The van der Waals surface area contributed by atoms with Crippen LogP contribution in [0.1, 0.15) is 19.4 Å². The average Bonchev–Trinajstić information content (AvgIpc) is 2.39. The predicted octanol–water partition coefficient (Wildman–Crippen LogP) is 4.25. The SMILES string of the molecule is CCOc1c(Br)cc(Br)cc1C=C(C)CNCCOC. The number of nitrogens with one attached hydrogen (secondary N) is 1. The second-order valence-corrected chi connectivity index (χ2v) is 6.17. The number of methoxy groups -OCH3 is 1. The Kier molecular flexibility index (Phi) is 8.45. The first kappa shape index (κ1) is 17.7. The first-order valence-electron chi connectivity index (χ1n) is 6.57. The fourth-order valence-electron chi connectivity index (χ4n) is 1.76. The molecule has 0 unspecified atom stereocenters. The van der Waals surface area contributed by atoms with Crippen LogP contribution < -0.4 is 10.1 Å². The van der Waals surface area contributed by atoms with E-state index in [9.17, 15) is 0 Å². The molecule has 0 atom stereocenters. The van der Waals surface area contributed by atoms with Crippen LogP contribution in [0, 0.1) is 0 Å². The van der Waals surface area contributed by atoms with E-state index in [1.165, 1.54) is 5.57 Å². The van der Waals surface area contributed by atoms with Gasteiger partial charge < -0.3 is 14.8 Å². The van der Waals surface area contributed by atoms with Crippen molar-refractivity contribution in [2.24, 2.45) is 0 Å². The zero-order chi connectivity index (χ0) is 15.0. The molecule has 0 bridgehead atoms. The van der Waals surface area contributed by atoms with Crippen LogP contribution in [0.3, 0.4) is 0 Å². The van der Waals surface area contributed by atoms with E-state index in [1.54, 1.807) is 7.11 Å². The van der Waals surface area contributed by atoms with E-state index in [4.69, 9.17) is 9.47 Å². The lowest BCUT2D eigenvalue weighted by Crippen LogP contribution is -2.20. The van der Waals surface area contributed by atoms with Crippen LogP contribution in [0.4, 0.5) is 0 Å². The Bertz CT molecular complexity index is 461. The van der Waals surface area contributed by atoms with Gasteiger partial charge in [0.25, 0.3) is 0 Å². The van der Waals surface area contributed by atoms with Gasteiger partial charge in [0.1, 0.15) is 5.75 Å². The quantitative estimate of drug-likeness (QED) is 0.654. The molecule has 0 heterocycles. The summed E-state index contributed by atoms with van der Waals surface area (Å²) >= 11 is 7.06. The molecule has 0 spiro atoms. The molecule has 1 aromatic carbocycles. The Hall–Kier alpha value is -0.360. The second kappa shape index (κ2) is 9.55. The van der Waals surface area contributed by atoms with E-state index >= 15 is 0 Å². The maximum Gasteiger partial charge on any atom is 0.140 e. The minimum atomic E-state index is 0.645. The van der Waals surface area contributed by atoms with Crippen molar-refractivity contribution in [3.63, 3.8) is 0 Å². The summed E-state index contributed by atoms with van der Waals surface area (Å²) in [6.45, 7) is 7.14. The van der Waals surface area contributed by atoms with Gasteiger partial charge in [-0.3, -0.25) is 0 Å². The molecule has 0 radical (unpaired) electrons. The van der Waals surface area contributed by atoms with E-state index < -0.39 is 0 Å². The smallest absolute Gasteiger partial charge is 0.140 e. The Morgan fingerprint density at radius 1 is 1.35 bits per heavy atom. The first-order valence-corrected chi connectivity index (χ1v) is 8.15. The van der Waals surface area contributed by atoms with Crippen LogP contribution in [0.15, 0.2) is 26.7 Å². The van der Waals surface area contributed by atoms with Gasteiger partial charge in [-0.15, -0.1) is 0 Å². The Labute approximate surface area is 138 Å². The molecule has 0 aliphatic heterocycles. The molecule has 112 valence electrons. The standard InChI is InChI=1S/C15H21Br2NO2/c1-4-20-15-12(8-13(16)9-14(15)17)7-11(2)10-18-5-6-19-3/h7-9,18H,4-6,10H2,1-3H3. The van der Waals surface area contributed by atoms with Gasteiger partial charge in [0, 0.05) is 30.2 Å². The van der Waals surface area contributed by atoms with E-state index in [0.29, 0.717) is 6.61 Å². The minimum Gasteiger partial charge on any atom is -0.492 e. The molecular formula is C15H21Br2NO2. The van der Waals surface area contributed by atoms with Crippen LogP contribution in [-0.2, 0) is 4.74 Å². The maximum absolute atomic E-state index is 5.71. The number of benzene rings is 1. The summed E-state index contributed by atoms with van der Waals surface area (Å²) < 4.78 is 12.7. The summed E-state index contributed by atoms with van der Waals surface area (Å²) in [7, 11) is 1.71. The highest BCUT2D eigenvalue weighted by molar-refractivity contribution is 9.11. The molecule has 20 heavy (non-hydrogen) atoms. The third-order valence-electron chi connectivity index (χ3n) is 2.61. The molecule has 1 aromatic rings. The summed E-state index contributed by atoms with van der Waals surface area (Å²) in [5.74, 6) is 0.881. The summed E-state index contributed by atoms with van der Waals surface area (Å²) in [5.41, 5.74) is 2.31. The van der Waals surface area contributed by atoms with E-state index in [1.807, 2.05) is 13.0 Å². The molecule has 0 aromatic heterocycles. The highest BCUT2D eigenvalue weighted by Gasteiger charge is 2.08. The van der Waals surface area contributed by atoms with Crippen molar-refractivity contribution in [3.8, 4) is 5.75 Å². The molecule has 0 saturated carbocycles. The van der Waals surface area contributed by atoms with Crippen molar-refractivity contribution in [2.45, 2.75) is 13.8 Å². The summed E-state index contributed by atoms with van der Waals surface area (Å²) in [5, 5.41) is 3.33. The number of halogens is 2. The number of hydrogen-bond acceptors (Lipinski definition) is 3. The van der Waals surface area contributed by atoms with Gasteiger partial charge in [0.2, 0.25) is 0 Å². The number of rotatable bonds is 8. The largest absolute Gasteiger partial charge is 0.492 e. The van der Waals surface area contributed by atoms with Crippen molar-refractivity contribution in [2.75, 3.05) is 33.4 Å². The molecule has 5 heteroatoms. The van der Waals surface area contributed by atoms with Gasteiger partial charge in [0.15, 0.2) is 0 Å². The minimum absolute atomic E-state index is 0.645. The van der Waals surface area contributed by atoms with Gasteiger partial charge in [-0.05, 0) is 41.9 Å². The van der Waals surface area contributed by atoms with Crippen LogP contribution in [-0.4, -0.2) is 33.4 Å². The van der Waals surface area contributed by atoms with Crippen molar-refractivity contribution >= 4 is 37.9 Å². The molecule has 0 aliphatic carbocycles. The van der Waals surface area contributed by atoms with Crippen LogP contribution in [0.5, 0.6) is 5.75 Å². The van der Waals surface area contributed by atoms with Crippen molar-refractivity contribution in [1.29, 1.82) is 0 Å². The molecule has 3 nitrogen and oxygen atoms in total. The van der Waals surface area contributed by atoms with Crippen molar-refractivity contribution in [3.05, 3.63) is 32.2 Å². The van der Waals surface area contributed by atoms with Gasteiger partial charge in [-0.1, -0.05) is 27.6 Å². The molecule has 0 aliphatic rings. The normalized spacial score (nSPS) is 11.8. The Balaban J connectivity index is 2.83. The lowest BCUT2D eigenvalue weighted by atomic mass is 10.1. The fourth-order valence-corrected chi connectivity index (χ4v) is 3.13. The average molecular weight is 407 g/mol. The monoisotopic (exact) mass is 405 g/mol. The molecule has 0 saturated heterocycles. The lowest BCUT2D eigenvalue weighted by Gasteiger charge is -2.12. The third-order valence-corrected chi connectivity index (χ3v) is 3.66. The predicted molar refractivity (Wildman–Crippen MR) is 91.4 cm³/mol. The van der Waals surface area contributed by atoms with Crippen LogP contribution >= 0.6 is 31.9 Å². The van der Waals surface area contributed by atoms with Crippen LogP contribution in [0.25, 0.3) is 6.08 Å². The maximum atomic E-state index is 5.71. The molecule has 1 rings (SSSR count).